The highest BCUT2D eigenvalue weighted by atomic mass is 32.2. The summed E-state index contributed by atoms with van der Waals surface area (Å²) in [5, 5.41) is 12.5. The number of rotatable bonds is 6. The van der Waals surface area contributed by atoms with Crippen LogP contribution in [-0.2, 0) is 17.1 Å². The molecule has 0 saturated heterocycles. The Balaban J connectivity index is 1.76. The lowest BCUT2D eigenvalue weighted by molar-refractivity contribution is -0.385. The summed E-state index contributed by atoms with van der Waals surface area (Å²) in [6.45, 7) is 4.37. The van der Waals surface area contributed by atoms with Gasteiger partial charge < -0.3 is 9.47 Å². The molecule has 156 valence electrons. The van der Waals surface area contributed by atoms with Crippen molar-refractivity contribution in [3.05, 3.63) is 68.0 Å². The van der Waals surface area contributed by atoms with Crippen LogP contribution in [0.4, 0.5) is 5.69 Å². The molecule has 0 N–H and O–H groups in total. The molecule has 1 aliphatic rings. The minimum atomic E-state index is -0.424. The monoisotopic (exact) mass is 427 g/mol. The van der Waals surface area contributed by atoms with Gasteiger partial charge in [0.15, 0.2) is 11.9 Å². The molecule has 0 aliphatic carbocycles. The van der Waals surface area contributed by atoms with E-state index in [2.05, 4.69) is 0 Å². The topological polar surface area (TPSA) is 96.5 Å². The molecule has 8 nitrogen and oxygen atoms in total. The number of fused-ring (bicyclic) bond motifs is 2. The van der Waals surface area contributed by atoms with Gasteiger partial charge in [0.1, 0.15) is 5.75 Å². The Hall–Kier alpha value is -2.91. The van der Waals surface area contributed by atoms with Gasteiger partial charge in [-0.15, -0.1) is 0 Å². The fraction of sp³-hybridized carbons (Fsp3) is 0.333. The third kappa shape index (κ3) is 3.78. The number of hydrogen-bond acceptors (Lipinski definition) is 7. The third-order valence-electron chi connectivity index (χ3n) is 5.15. The second-order valence-electron chi connectivity index (χ2n) is 7.09. The minimum absolute atomic E-state index is 0.00997. The van der Waals surface area contributed by atoms with Crippen LogP contribution in [0.1, 0.15) is 37.4 Å². The van der Waals surface area contributed by atoms with E-state index >= 15 is 0 Å². The molecular formula is C21H21N3O5S. The summed E-state index contributed by atoms with van der Waals surface area (Å²) < 4.78 is 12.6. The molecule has 1 atom stereocenters. The Morgan fingerprint density at radius 1 is 1.33 bits per heavy atom. The summed E-state index contributed by atoms with van der Waals surface area (Å²) >= 11 is 1.37. The molecule has 1 unspecified atom stereocenters. The molecule has 1 aromatic heterocycles. The maximum absolute atomic E-state index is 13.1. The summed E-state index contributed by atoms with van der Waals surface area (Å²) in [7, 11) is 0. The van der Waals surface area contributed by atoms with Crippen LogP contribution in [0, 0.1) is 10.1 Å². The molecule has 30 heavy (non-hydrogen) atoms. The van der Waals surface area contributed by atoms with E-state index in [-0.39, 0.29) is 30.7 Å². The van der Waals surface area contributed by atoms with Gasteiger partial charge in [-0.1, -0.05) is 30.8 Å². The maximum atomic E-state index is 13.1. The van der Waals surface area contributed by atoms with Crippen LogP contribution in [-0.4, -0.2) is 21.3 Å². The number of nitro benzene ring substituents is 1. The van der Waals surface area contributed by atoms with Crippen molar-refractivity contribution in [2.75, 3.05) is 6.79 Å². The Morgan fingerprint density at radius 3 is 2.90 bits per heavy atom. The summed E-state index contributed by atoms with van der Waals surface area (Å²) in [5.41, 5.74) is 1.88. The van der Waals surface area contributed by atoms with E-state index in [1.54, 1.807) is 10.6 Å². The van der Waals surface area contributed by atoms with E-state index in [0.717, 1.165) is 6.42 Å². The van der Waals surface area contributed by atoms with Crippen LogP contribution in [0.2, 0.25) is 0 Å². The van der Waals surface area contributed by atoms with Gasteiger partial charge in [0, 0.05) is 35.1 Å². The molecule has 4 rings (SSSR count). The highest BCUT2D eigenvalue weighted by Gasteiger charge is 2.22. The lowest BCUT2D eigenvalue weighted by Crippen LogP contribution is -2.26. The number of aromatic nitrogens is 2. The highest BCUT2D eigenvalue weighted by molar-refractivity contribution is 7.98. The molecule has 0 spiro atoms. The maximum Gasteiger partial charge on any atom is 0.270 e. The van der Waals surface area contributed by atoms with Crippen LogP contribution in [0.5, 0.6) is 5.75 Å². The van der Waals surface area contributed by atoms with Crippen molar-refractivity contribution in [1.82, 2.24) is 9.55 Å². The normalized spacial score (nSPS) is 14.2. The van der Waals surface area contributed by atoms with Crippen LogP contribution in [0.25, 0.3) is 10.9 Å². The van der Waals surface area contributed by atoms with Crippen molar-refractivity contribution in [3.8, 4) is 5.75 Å². The van der Waals surface area contributed by atoms with Crippen LogP contribution >= 0.6 is 11.8 Å². The number of thioether (sulfide) groups is 1. The van der Waals surface area contributed by atoms with E-state index in [9.17, 15) is 14.9 Å². The van der Waals surface area contributed by atoms with Gasteiger partial charge in [-0.25, -0.2) is 4.98 Å². The van der Waals surface area contributed by atoms with Crippen LogP contribution in [0.15, 0.2) is 46.3 Å². The molecule has 0 amide bonds. The molecular weight excluding hydrogens is 406 g/mol. The average Bonchev–Trinajstić information content (AvgIpc) is 2.76. The number of hydrogen-bond donors (Lipinski definition) is 0. The molecule has 0 radical (unpaired) electrons. The van der Waals surface area contributed by atoms with Gasteiger partial charge >= 0.3 is 0 Å². The van der Waals surface area contributed by atoms with E-state index in [4.69, 9.17) is 14.5 Å². The van der Waals surface area contributed by atoms with Gasteiger partial charge in [-0.05, 0) is 25.5 Å². The zero-order valence-electron chi connectivity index (χ0n) is 16.7. The Bertz CT molecular complexity index is 1180. The average molecular weight is 427 g/mol. The molecule has 2 heterocycles. The fourth-order valence-corrected chi connectivity index (χ4v) is 4.50. The number of para-hydroxylation sites is 1. The van der Waals surface area contributed by atoms with Crippen molar-refractivity contribution >= 4 is 28.4 Å². The molecule has 9 heteroatoms. The summed E-state index contributed by atoms with van der Waals surface area (Å²) in [6, 6.07) is 10.2. The number of nitro groups is 1. The zero-order valence-corrected chi connectivity index (χ0v) is 17.5. The standard InChI is InChI=1S/C21H21N3O5S/c1-3-13(2)23-20(25)17-6-4-5-7-18(17)22-21(23)30-11-15-9-16(24(26)27)8-14-10-28-12-29-19(14)15/h4-9,13H,3,10-12H2,1-2H3. The van der Waals surface area contributed by atoms with Gasteiger partial charge in [0.25, 0.3) is 11.2 Å². The molecule has 0 fully saturated rings. The van der Waals surface area contributed by atoms with Crippen molar-refractivity contribution in [2.45, 2.75) is 43.8 Å². The fourth-order valence-electron chi connectivity index (χ4n) is 3.43. The zero-order chi connectivity index (χ0) is 21.3. The van der Waals surface area contributed by atoms with Crippen molar-refractivity contribution in [1.29, 1.82) is 0 Å². The summed E-state index contributed by atoms with van der Waals surface area (Å²) in [6.07, 6.45) is 0.778. The SMILES string of the molecule is CCC(C)n1c(SCc2cc([N+](=O)[O-])cc3c2OCOC3)nc2ccccc2c1=O. The van der Waals surface area contributed by atoms with Crippen molar-refractivity contribution < 1.29 is 14.4 Å². The molecule has 2 aromatic carbocycles. The largest absolute Gasteiger partial charge is 0.467 e. The lowest BCUT2D eigenvalue weighted by Gasteiger charge is -2.21. The first-order chi connectivity index (χ1) is 14.5. The predicted molar refractivity (Wildman–Crippen MR) is 114 cm³/mol. The summed E-state index contributed by atoms with van der Waals surface area (Å²) in [4.78, 5) is 28.8. The highest BCUT2D eigenvalue weighted by Crippen LogP contribution is 2.36. The first-order valence-corrected chi connectivity index (χ1v) is 10.6. The smallest absolute Gasteiger partial charge is 0.270 e. The molecule has 1 aliphatic heterocycles. The van der Waals surface area contributed by atoms with E-state index < -0.39 is 4.92 Å². The van der Waals surface area contributed by atoms with Crippen molar-refractivity contribution in [2.24, 2.45) is 0 Å². The van der Waals surface area contributed by atoms with Gasteiger partial charge in [-0.2, -0.15) is 0 Å². The minimum Gasteiger partial charge on any atom is -0.467 e. The van der Waals surface area contributed by atoms with Crippen LogP contribution in [0.3, 0.4) is 0 Å². The second kappa shape index (κ2) is 8.45. The first kappa shape index (κ1) is 20.4. The van der Waals surface area contributed by atoms with Gasteiger partial charge in [0.05, 0.1) is 22.4 Å². The summed E-state index contributed by atoms with van der Waals surface area (Å²) in [5.74, 6) is 0.989. The van der Waals surface area contributed by atoms with Crippen LogP contribution < -0.4 is 10.3 Å². The second-order valence-corrected chi connectivity index (χ2v) is 8.04. The quantitative estimate of drug-likeness (QED) is 0.248. The molecule has 3 aromatic rings. The number of non-ortho nitro benzene ring substituents is 1. The Kier molecular flexibility index (Phi) is 5.74. The van der Waals surface area contributed by atoms with Crippen molar-refractivity contribution in [3.63, 3.8) is 0 Å². The number of nitrogens with zero attached hydrogens (tertiary/aromatic N) is 3. The molecule has 0 bridgehead atoms. The Labute approximate surface area is 177 Å². The Morgan fingerprint density at radius 2 is 2.13 bits per heavy atom. The van der Waals surface area contributed by atoms with E-state index in [0.29, 0.717) is 38.7 Å². The number of benzene rings is 2. The number of ether oxygens (including phenoxy) is 2. The third-order valence-corrected chi connectivity index (χ3v) is 6.15. The van der Waals surface area contributed by atoms with Gasteiger partial charge in [0.2, 0.25) is 0 Å². The van der Waals surface area contributed by atoms with Gasteiger partial charge in [-0.3, -0.25) is 19.5 Å². The lowest BCUT2D eigenvalue weighted by atomic mass is 10.1. The predicted octanol–water partition coefficient (Wildman–Crippen LogP) is 4.43. The van der Waals surface area contributed by atoms with E-state index in [1.165, 1.54) is 23.9 Å². The molecule has 0 saturated carbocycles. The first-order valence-electron chi connectivity index (χ1n) is 9.64. The van der Waals surface area contributed by atoms with E-state index in [1.807, 2.05) is 32.0 Å².